The maximum atomic E-state index is 12.8. The number of amides is 2. The topological polar surface area (TPSA) is 89.0 Å². The average Bonchev–Trinajstić information content (AvgIpc) is 2.86. The molecule has 3 rings (SSSR count). The summed E-state index contributed by atoms with van der Waals surface area (Å²) in [6, 6.07) is 16.1. The highest BCUT2D eigenvalue weighted by Gasteiger charge is 2.30. The number of carbonyl (C=O) groups is 2. The molecule has 0 saturated heterocycles. The zero-order valence-corrected chi connectivity index (χ0v) is 19.9. The van der Waals surface area contributed by atoms with Crippen LogP contribution in [0.15, 0.2) is 71.8 Å². The lowest BCUT2D eigenvalue weighted by atomic mass is 10.1. The van der Waals surface area contributed by atoms with E-state index in [2.05, 4.69) is 15.8 Å². The number of halogens is 4. The maximum Gasteiger partial charge on any atom is 0.416 e. The Hall–Kier alpha value is -4.05. The van der Waals surface area contributed by atoms with Crippen LogP contribution in [-0.4, -0.2) is 24.6 Å². The van der Waals surface area contributed by atoms with Crippen molar-refractivity contribution >= 4 is 34.8 Å². The molecule has 3 aromatic rings. The van der Waals surface area contributed by atoms with Crippen LogP contribution in [0.5, 0.6) is 11.5 Å². The molecule has 11 heteroatoms. The number of benzene rings is 3. The number of hydrogen-bond donors (Lipinski definition) is 2. The van der Waals surface area contributed by atoms with E-state index in [-0.39, 0.29) is 12.3 Å². The van der Waals surface area contributed by atoms with Crippen LogP contribution in [-0.2, 0) is 22.4 Å². The normalized spacial score (nSPS) is 11.6. The molecule has 36 heavy (non-hydrogen) atoms. The Balaban J connectivity index is 1.62. The number of hydrogen-bond acceptors (Lipinski definition) is 5. The molecule has 0 atom stereocenters. The minimum atomic E-state index is -4.58. The summed E-state index contributed by atoms with van der Waals surface area (Å²) >= 11 is 5.89. The second-order valence-corrected chi connectivity index (χ2v) is 7.89. The summed E-state index contributed by atoms with van der Waals surface area (Å²) < 4.78 is 49.6. The van der Waals surface area contributed by atoms with E-state index in [1.165, 1.54) is 13.2 Å². The molecule has 0 aliphatic carbocycles. The monoisotopic (exact) mass is 519 g/mol. The van der Waals surface area contributed by atoms with Crippen LogP contribution in [0.4, 0.5) is 18.9 Å². The Morgan fingerprint density at radius 3 is 2.36 bits per heavy atom. The van der Waals surface area contributed by atoms with Crippen molar-refractivity contribution in [1.82, 2.24) is 5.43 Å². The molecule has 7 nitrogen and oxygen atoms in total. The fourth-order valence-corrected chi connectivity index (χ4v) is 3.09. The molecule has 0 aliphatic rings. The zero-order valence-electron chi connectivity index (χ0n) is 19.2. The molecule has 0 radical (unpaired) electrons. The van der Waals surface area contributed by atoms with Crippen LogP contribution in [0.3, 0.4) is 0 Å². The van der Waals surface area contributed by atoms with Crippen LogP contribution in [0.2, 0.25) is 5.02 Å². The lowest BCUT2D eigenvalue weighted by Gasteiger charge is -2.12. The van der Waals surface area contributed by atoms with Crippen LogP contribution in [0, 0.1) is 0 Å². The van der Waals surface area contributed by atoms with Gasteiger partial charge in [0, 0.05) is 16.3 Å². The Bertz CT molecular complexity index is 1280. The molecular formula is C25H21ClF3N3O4. The van der Waals surface area contributed by atoms with E-state index in [1.54, 1.807) is 37.3 Å². The number of nitrogens with one attached hydrogen (secondary N) is 2. The van der Waals surface area contributed by atoms with E-state index in [0.29, 0.717) is 27.8 Å². The average molecular weight is 520 g/mol. The molecule has 0 bridgehead atoms. The summed E-state index contributed by atoms with van der Waals surface area (Å²) in [5.74, 6) is -1.42. The van der Waals surface area contributed by atoms with Crippen LogP contribution >= 0.6 is 11.6 Å². The van der Waals surface area contributed by atoms with Crippen molar-refractivity contribution in [2.24, 2.45) is 5.10 Å². The predicted molar refractivity (Wildman–Crippen MR) is 129 cm³/mol. The van der Waals surface area contributed by atoms with Crippen LogP contribution in [0.25, 0.3) is 0 Å². The summed E-state index contributed by atoms with van der Waals surface area (Å²) in [5.41, 5.74) is 2.78. The first-order valence-electron chi connectivity index (χ1n) is 10.5. The summed E-state index contributed by atoms with van der Waals surface area (Å²) in [6.07, 6.45) is -4.58. The van der Waals surface area contributed by atoms with Gasteiger partial charge in [0.2, 0.25) is 0 Å². The standard InChI is InChI=1S/C25H21ClF3N3O4/c1-15(31-32-24(34)23(33)30-20-5-3-4-18(13-20)25(27,28)29)17-8-11-21(22(12-17)35-2)36-14-16-6-9-19(26)10-7-16/h3-13H,14H2,1-2H3,(H,30,33)(H,32,34)/b31-15+. The number of hydrazone groups is 1. The molecule has 0 fully saturated rings. The molecule has 3 aromatic carbocycles. The molecule has 0 heterocycles. The van der Waals surface area contributed by atoms with Gasteiger partial charge in [-0.1, -0.05) is 29.8 Å². The van der Waals surface area contributed by atoms with Crippen molar-refractivity contribution < 1.29 is 32.2 Å². The third-order valence-electron chi connectivity index (χ3n) is 4.87. The van der Waals surface area contributed by atoms with E-state index in [0.717, 1.165) is 23.8 Å². The number of carbonyl (C=O) groups excluding carboxylic acids is 2. The van der Waals surface area contributed by atoms with E-state index >= 15 is 0 Å². The zero-order chi connectivity index (χ0) is 26.3. The number of nitrogens with zero attached hydrogens (tertiary/aromatic N) is 1. The Kier molecular flexibility index (Phi) is 8.55. The smallest absolute Gasteiger partial charge is 0.416 e. The number of methoxy groups -OCH3 is 1. The maximum absolute atomic E-state index is 12.8. The Morgan fingerprint density at radius 1 is 0.972 bits per heavy atom. The summed E-state index contributed by atoms with van der Waals surface area (Å²) in [6.45, 7) is 1.88. The van der Waals surface area contributed by atoms with Gasteiger partial charge < -0.3 is 14.8 Å². The third kappa shape index (κ3) is 7.22. The highest BCUT2D eigenvalue weighted by molar-refractivity contribution is 6.39. The minimum Gasteiger partial charge on any atom is -0.493 e. The van der Waals surface area contributed by atoms with Crippen molar-refractivity contribution in [2.75, 3.05) is 12.4 Å². The molecule has 0 spiro atoms. The van der Waals surface area contributed by atoms with Crippen molar-refractivity contribution in [1.29, 1.82) is 0 Å². The van der Waals surface area contributed by atoms with Gasteiger partial charge >= 0.3 is 18.0 Å². The van der Waals surface area contributed by atoms with Crippen LogP contribution < -0.4 is 20.2 Å². The lowest BCUT2D eigenvalue weighted by molar-refractivity contribution is -0.137. The van der Waals surface area contributed by atoms with Crippen molar-refractivity contribution in [2.45, 2.75) is 19.7 Å². The van der Waals surface area contributed by atoms with E-state index in [1.807, 2.05) is 12.1 Å². The van der Waals surface area contributed by atoms with E-state index < -0.39 is 23.6 Å². The fourth-order valence-electron chi connectivity index (χ4n) is 2.96. The fraction of sp³-hybridized carbons (Fsp3) is 0.160. The van der Waals surface area contributed by atoms with Gasteiger partial charge in [-0.25, -0.2) is 5.43 Å². The summed E-state index contributed by atoms with van der Waals surface area (Å²) in [7, 11) is 1.47. The van der Waals surface area contributed by atoms with Crippen LogP contribution in [0.1, 0.15) is 23.6 Å². The number of anilines is 1. The van der Waals surface area contributed by atoms with Gasteiger partial charge in [-0.2, -0.15) is 18.3 Å². The molecule has 188 valence electrons. The van der Waals surface area contributed by atoms with Gasteiger partial charge in [0.1, 0.15) is 6.61 Å². The van der Waals surface area contributed by atoms with Crippen molar-refractivity contribution in [3.63, 3.8) is 0 Å². The minimum absolute atomic E-state index is 0.176. The molecule has 2 amide bonds. The molecular weight excluding hydrogens is 499 g/mol. The van der Waals surface area contributed by atoms with Gasteiger partial charge in [-0.3, -0.25) is 9.59 Å². The number of ether oxygens (including phenoxy) is 2. The first kappa shape index (κ1) is 26.6. The lowest BCUT2D eigenvalue weighted by Crippen LogP contribution is -2.33. The second kappa shape index (κ2) is 11.6. The number of rotatable bonds is 7. The highest BCUT2D eigenvalue weighted by atomic mass is 35.5. The predicted octanol–water partition coefficient (Wildman–Crippen LogP) is 5.43. The SMILES string of the molecule is COc1cc(/C(C)=N/NC(=O)C(=O)Nc2cccc(C(F)(F)F)c2)ccc1OCc1ccc(Cl)cc1. The molecule has 0 aromatic heterocycles. The van der Waals surface area contributed by atoms with Gasteiger partial charge in [0.15, 0.2) is 11.5 Å². The molecule has 0 saturated carbocycles. The molecule has 0 unspecified atom stereocenters. The number of alkyl halides is 3. The van der Waals surface area contributed by atoms with Crippen molar-refractivity contribution in [3.8, 4) is 11.5 Å². The second-order valence-electron chi connectivity index (χ2n) is 7.45. The highest BCUT2D eigenvalue weighted by Crippen LogP contribution is 2.31. The van der Waals surface area contributed by atoms with Gasteiger partial charge in [0.05, 0.1) is 18.4 Å². The molecule has 0 aliphatic heterocycles. The van der Waals surface area contributed by atoms with Gasteiger partial charge in [0.25, 0.3) is 0 Å². The van der Waals surface area contributed by atoms with E-state index in [9.17, 15) is 22.8 Å². The first-order valence-corrected chi connectivity index (χ1v) is 10.8. The van der Waals surface area contributed by atoms with E-state index in [4.69, 9.17) is 21.1 Å². The van der Waals surface area contributed by atoms with Crippen molar-refractivity contribution in [3.05, 3.63) is 88.4 Å². The third-order valence-corrected chi connectivity index (χ3v) is 5.12. The van der Waals surface area contributed by atoms with Gasteiger partial charge in [-0.15, -0.1) is 0 Å². The summed E-state index contributed by atoms with van der Waals surface area (Å²) in [4.78, 5) is 24.1. The quantitative estimate of drug-likeness (QED) is 0.248. The summed E-state index contributed by atoms with van der Waals surface area (Å²) in [5, 5.41) is 6.62. The Morgan fingerprint density at radius 2 is 1.69 bits per heavy atom. The Labute approximate surface area is 209 Å². The molecule has 2 N–H and O–H groups in total. The largest absolute Gasteiger partial charge is 0.493 e. The first-order chi connectivity index (χ1) is 17.1. The van der Waals surface area contributed by atoms with Gasteiger partial charge in [-0.05, 0) is 61.0 Å².